The predicted octanol–water partition coefficient (Wildman–Crippen LogP) is 3.65. The van der Waals surface area contributed by atoms with Crippen molar-refractivity contribution < 1.29 is 62.6 Å². The summed E-state index contributed by atoms with van der Waals surface area (Å²) in [6.45, 7) is 6.96. The number of piperidine rings is 1. The Bertz CT molecular complexity index is 1580. The van der Waals surface area contributed by atoms with E-state index in [9.17, 15) is 29.8 Å². The molecule has 0 spiro atoms. The Morgan fingerprint density at radius 3 is 2.49 bits per heavy atom. The second-order valence-electron chi connectivity index (χ2n) is 17.5. The van der Waals surface area contributed by atoms with Crippen LogP contribution < -0.4 is 5.32 Å². The van der Waals surface area contributed by atoms with Crippen LogP contribution in [0.25, 0.3) is 0 Å². The molecule has 3 heterocycles. The SMILES string of the molecule is COCCCN1CCOC2CCC(COC3CN(C(=O)OCCCCC(CO[N+](=O)[O-])O[N+](=O)[O-])CC(CNC(=O)CC4C5COCC54)C3c3ccc(COCCOC)cc3)CC21. The number of benzene rings is 1. The van der Waals surface area contributed by atoms with Gasteiger partial charge in [0.05, 0.1) is 65.0 Å². The van der Waals surface area contributed by atoms with E-state index in [0.29, 0.717) is 102 Å². The molecule has 0 bridgehead atoms. The minimum absolute atomic E-state index is 0.0154. The zero-order chi connectivity index (χ0) is 44.6. The van der Waals surface area contributed by atoms with E-state index in [1.807, 2.05) is 0 Å². The molecule has 9 unspecified atom stereocenters. The van der Waals surface area contributed by atoms with E-state index < -0.39 is 35.1 Å². The van der Waals surface area contributed by atoms with Crippen molar-refractivity contribution in [2.45, 2.75) is 88.2 Å². The minimum Gasteiger partial charge on any atom is -0.449 e. The largest absolute Gasteiger partial charge is 0.449 e. The number of carbonyl (C=O) groups excluding carboxylic acids is 2. The summed E-state index contributed by atoms with van der Waals surface area (Å²) in [6.07, 6.45) is 3.11. The second-order valence-corrected chi connectivity index (χ2v) is 17.5. The van der Waals surface area contributed by atoms with Crippen LogP contribution in [0.5, 0.6) is 0 Å². The van der Waals surface area contributed by atoms with Gasteiger partial charge in [-0.15, -0.1) is 20.2 Å². The fraction of sp³-hybridized carbons (Fsp3) is 0.814. The highest BCUT2D eigenvalue weighted by atomic mass is 17.0. The van der Waals surface area contributed by atoms with E-state index in [-0.39, 0.29) is 49.3 Å². The molecule has 6 rings (SSSR count). The topological polar surface area (TPSA) is 222 Å². The minimum atomic E-state index is -1.14. The molecule has 2 aliphatic carbocycles. The third-order valence-corrected chi connectivity index (χ3v) is 13.3. The average Bonchev–Trinajstić information content (AvgIpc) is 3.66. The van der Waals surface area contributed by atoms with Gasteiger partial charge in [0, 0.05) is 77.9 Å². The Morgan fingerprint density at radius 1 is 0.952 bits per heavy atom. The van der Waals surface area contributed by atoms with Gasteiger partial charge in [0.25, 0.3) is 10.2 Å². The second kappa shape index (κ2) is 25.0. The average molecular weight is 894 g/mol. The lowest BCUT2D eigenvalue weighted by atomic mass is 9.78. The van der Waals surface area contributed by atoms with E-state index >= 15 is 0 Å². The third kappa shape index (κ3) is 14.8. The molecule has 2 amide bonds. The van der Waals surface area contributed by atoms with Gasteiger partial charge in [-0.1, -0.05) is 24.3 Å². The van der Waals surface area contributed by atoms with Gasteiger partial charge in [0.1, 0.15) is 12.7 Å². The third-order valence-electron chi connectivity index (χ3n) is 13.3. The van der Waals surface area contributed by atoms with Gasteiger partial charge >= 0.3 is 6.09 Å². The summed E-state index contributed by atoms with van der Waals surface area (Å²) in [5, 5.41) is 22.7. The number of amides is 2. The van der Waals surface area contributed by atoms with Crippen LogP contribution >= 0.6 is 0 Å². The number of hydrogen-bond donors (Lipinski definition) is 1. The number of nitrogens with one attached hydrogen (secondary N) is 1. The Hall–Kier alpha value is -3.92. The lowest BCUT2D eigenvalue weighted by Gasteiger charge is -2.47. The summed E-state index contributed by atoms with van der Waals surface area (Å²) in [7, 11) is 3.37. The molecular weight excluding hydrogens is 826 g/mol. The first-order chi connectivity index (χ1) is 30.6. The fourth-order valence-electron chi connectivity index (χ4n) is 9.98. The van der Waals surface area contributed by atoms with Crippen LogP contribution in [0.2, 0.25) is 0 Å². The van der Waals surface area contributed by atoms with Crippen molar-refractivity contribution in [3.8, 4) is 0 Å². The van der Waals surface area contributed by atoms with Crippen LogP contribution in [0.15, 0.2) is 24.3 Å². The molecule has 1 aromatic carbocycles. The van der Waals surface area contributed by atoms with Crippen LogP contribution in [0.1, 0.15) is 68.4 Å². The Labute approximate surface area is 369 Å². The number of nitrogens with zero attached hydrogens (tertiary/aromatic N) is 4. The number of morpholine rings is 1. The lowest BCUT2D eigenvalue weighted by Crippen LogP contribution is -2.55. The molecule has 9 atom stereocenters. The van der Waals surface area contributed by atoms with Crippen molar-refractivity contribution in [1.29, 1.82) is 0 Å². The van der Waals surface area contributed by atoms with Crippen molar-refractivity contribution >= 4 is 12.0 Å². The zero-order valence-corrected chi connectivity index (χ0v) is 36.8. The van der Waals surface area contributed by atoms with E-state index in [0.717, 1.165) is 56.5 Å². The summed E-state index contributed by atoms with van der Waals surface area (Å²) in [5.74, 6) is 1.13. The first-order valence-electron chi connectivity index (χ1n) is 22.6. The maximum Gasteiger partial charge on any atom is 0.409 e. The van der Waals surface area contributed by atoms with Crippen molar-refractivity contribution in [3.05, 3.63) is 55.6 Å². The standard InChI is InChI=1S/C43H67N5O15/c1-55-15-5-13-45-14-17-59-39-12-9-31(20-38(39)45)26-61-40-24-46(43(50)60-16-4-3-6-34(63-48(53)54)27-62-47(51)52)23-33(22-44-41(49)21-35-36-28-58-29-37(35)36)42(40)32-10-7-30(8-11-32)25-57-19-18-56-2/h7-8,10-11,31,33-40,42H,3-6,9,12-29H2,1-2H3,(H,44,49). The molecule has 3 aliphatic heterocycles. The molecule has 5 fully saturated rings. The van der Waals surface area contributed by atoms with Crippen LogP contribution in [-0.2, 0) is 54.2 Å². The van der Waals surface area contributed by atoms with Crippen molar-refractivity contribution in [2.24, 2.45) is 29.6 Å². The Morgan fingerprint density at radius 2 is 1.75 bits per heavy atom. The van der Waals surface area contributed by atoms with Crippen LogP contribution in [-0.4, -0.2) is 163 Å². The first-order valence-corrected chi connectivity index (χ1v) is 22.6. The molecule has 1 N–H and O–H groups in total. The maximum atomic E-state index is 13.8. The number of unbranched alkanes of at least 4 members (excludes halogenated alkanes) is 1. The number of fused-ring (bicyclic) bond motifs is 2. The van der Waals surface area contributed by atoms with E-state index in [2.05, 4.69) is 44.2 Å². The molecule has 1 aromatic rings. The fourth-order valence-corrected chi connectivity index (χ4v) is 9.98. The molecule has 20 heteroatoms. The Kier molecular flexibility index (Phi) is 19.2. The van der Waals surface area contributed by atoms with Crippen molar-refractivity contribution in [3.63, 3.8) is 0 Å². The first kappa shape index (κ1) is 48.5. The van der Waals surface area contributed by atoms with Gasteiger partial charge in [-0.3, -0.25) is 9.69 Å². The van der Waals surface area contributed by atoms with Crippen molar-refractivity contribution in [1.82, 2.24) is 15.1 Å². The summed E-state index contributed by atoms with van der Waals surface area (Å²) < 4.78 is 40.8. The molecule has 20 nitrogen and oxygen atoms in total. The molecule has 5 aliphatic rings. The summed E-state index contributed by atoms with van der Waals surface area (Å²) in [6, 6.07) is 8.60. The number of hydrogen-bond acceptors (Lipinski definition) is 16. The highest BCUT2D eigenvalue weighted by Crippen LogP contribution is 2.52. The van der Waals surface area contributed by atoms with Crippen LogP contribution in [0.4, 0.5) is 4.79 Å². The lowest BCUT2D eigenvalue weighted by molar-refractivity contribution is -0.790. The normalized spacial score (nSPS) is 28.3. The highest BCUT2D eigenvalue weighted by molar-refractivity contribution is 5.76. The van der Waals surface area contributed by atoms with Gasteiger partial charge in [0.15, 0.2) is 0 Å². The Balaban J connectivity index is 1.14. The number of methoxy groups -OCH3 is 2. The summed E-state index contributed by atoms with van der Waals surface area (Å²) in [5.41, 5.74) is 2.06. The van der Waals surface area contributed by atoms with Gasteiger partial charge in [-0.05, 0) is 79.7 Å². The summed E-state index contributed by atoms with van der Waals surface area (Å²) >= 11 is 0. The van der Waals surface area contributed by atoms with Gasteiger partial charge < -0.3 is 53.0 Å². The number of likely N-dealkylation sites (tertiary alicyclic amines) is 1. The number of rotatable bonds is 27. The molecular formula is C43H67N5O15. The zero-order valence-electron chi connectivity index (χ0n) is 36.8. The molecule has 0 aromatic heterocycles. The van der Waals surface area contributed by atoms with Crippen LogP contribution in [0, 0.1) is 49.8 Å². The van der Waals surface area contributed by atoms with Gasteiger partial charge in [-0.25, -0.2) is 4.79 Å². The van der Waals surface area contributed by atoms with Crippen molar-refractivity contribution in [2.75, 3.05) is 106 Å². The summed E-state index contributed by atoms with van der Waals surface area (Å²) in [4.78, 5) is 61.8. The van der Waals surface area contributed by atoms with Gasteiger partial charge in [-0.2, -0.15) is 0 Å². The van der Waals surface area contributed by atoms with E-state index in [1.165, 1.54) is 0 Å². The molecule has 63 heavy (non-hydrogen) atoms. The molecule has 354 valence electrons. The van der Waals surface area contributed by atoms with Crippen LogP contribution in [0.3, 0.4) is 0 Å². The maximum absolute atomic E-state index is 13.8. The van der Waals surface area contributed by atoms with Gasteiger partial charge in [0.2, 0.25) is 5.91 Å². The van der Waals surface area contributed by atoms with E-state index in [4.69, 9.17) is 33.2 Å². The smallest absolute Gasteiger partial charge is 0.409 e. The molecule has 3 saturated heterocycles. The number of carbonyl (C=O) groups is 2. The monoisotopic (exact) mass is 893 g/mol. The van der Waals surface area contributed by atoms with E-state index in [1.54, 1.807) is 19.1 Å². The molecule has 0 radical (unpaired) electrons. The highest BCUT2D eigenvalue weighted by Gasteiger charge is 2.54. The molecule has 2 saturated carbocycles. The quantitative estimate of drug-likeness (QED) is 0.0757. The predicted molar refractivity (Wildman–Crippen MR) is 223 cm³/mol. The number of ether oxygens (including phenoxy) is 7.